The molecule has 0 aromatic heterocycles. The van der Waals surface area contributed by atoms with Crippen LogP contribution in [0.25, 0.3) is 0 Å². The van der Waals surface area contributed by atoms with Gasteiger partial charge in [-0.15, -0.1) is 0 Å². The van der Waals surface area contributed by atoms with Crippen molar-refractivity contribution < 1.29 is 14.2 Å². The normalized spacial score (nSPS) is 18.3. The summed E-state index contributed by atoms with van der Waals surface area (Å²) in [6.45, 7) is 7.06. The zero-order chi connectivity index (χ0) is 13.1. The highest BCUT2D eigenvalue weighted by Gasteiger charge is 2.34. The highest BCUT2D eigenvalue weighted by atomic mass is 16.5. The second kappa shape index (κ2) is 9.73. The van der Waals surface area contributed by atoms with Crippen molar-refractivity contribution in [3.8, 4) is 0 Å². The Balaban J connectivity index is 2.06. The van der Waals surface area contributed by atoms with Crippen molar-refractivity contribution in [2.24, 2.45) is 0 Å². The fourth-order valence-electron chi connectivity index (χ4n) is 2.47. The first-order chi connectivity index (χ1) is 8.83. The van der Waals surface area contributed by atoms with Crippen LogP contribution in [0, 0.1) is 0 Å². The van der Waals surface area contributed by atoms with E-state index in [1.807, 2.05) is 0 Å². The van der Waals surface area contributed by atoms with Crippen molar-refractivity contribution in [1.82, 2.24) is 5.32 Å². The maximum absolute atomic E-state index is 6.08. The lowest BCUT2D eigenvalue weighted by atomic mass is 10.0. The van der Waals surface area contributed by atoms with E-state index in [2.05, 4.69) is 12.2 Å². The van der Waals surface area contributed by atoms with Gasteiger partial charge < -0.3 is 19.5 Å². The van der Waals surface area contributed by atoms with Gasteiger partial charge in [0.15, 0.2) is 0 Å². The third-order valence-corrected chi connectivity index (χ3v) is 3.49. The molecule has 0 bridgehead atoms. The SMILES string of the molecule is CCNCC1(OCCOCCCOC)CCCC1. The van der Waals surface area contributed by atoms with Gasteiger partial charge in [0, 0.05) is 26.9 Å². The van der Waals surface area contributed by atoms with Gasteiger partial charge in [0.1, 0.15) is 0 Å². The predicted molar refractivity (Wildman–Crippen MR) is 73.0 cm³/mol. The van der Waals surface area contributed by atoms with Crippen LogP contribution in [-0.4, -0.2) is 52.2 Å². The smallest absolute Gasteiger partial charge is 0.0807 e. The summed E-state index contributed by atoms with van der Waals surface area (Å²) in [6.07, 6.45) is 5.91. The summed E-state index contributed by atoms with van der Waals surface area (Å²) in [5.41, 5.74) is 0.0753. The van der Waals surface area contributed by atoms with Crippen LogP contribution in [0.2, 0.25) is 0 Å². The summed E-state index contributed by atoms with van der Waals surface area (Å²) < 4.78 is 16.6. The zero-order valence-corrected chi connectivity index (χ0v) is 12.0. The molecule has 0 aromatic rings. The number of hydrogen-bond acceptors (Lipinski definition) is 4. The van der Waals surface area contributed by atoms with Crippen molar-refractivity contribution >= 4 is 0 Å². The van der Waals surface area contributed by atoms with Gasteiger partial charge in [-0.3, -0.25) is 0 Å². The Morgan fingerprint density at radius 2 is 1.83 bits per heavy atom. The minimum Gasteiger partial charge on any atom is -0.385 e. The van der Waals surface area contributed by atoms with Crippen molar-refractivity contribution in [3.63, 3.8) is 0 Å². The van der Waals surface area contributed by atoms with Crippen molar-refractivity contribution in [2.75, 3.05) is 46.6 Å². The van der Waals surface area contributed by atoms with Crippen LogP contribution >= 0.6 is 0 Å². The highest BCUT2D eigenvalue weighted by Crippen LogP contribution is 2.32. The largest absolute Gasteiger partial charge is 0.385 e. The molecule has 1 rings (SSSR count). The molecule has 18 heavy (non-hydrogen) atoms. The van der Waals surface area contributed by atoms with Crippen molar-refractivity contribution in [3.05, 3.63) is 0 Å². The van der Waals surface area contributed by atoms with Crippen molar-refractivity contribution in [1.29, 1.82) is 0 Å². The topological polar surface area (TPSA) is 39.7 Å². The summed E-state index contributed by atoms with van der Waals surface area (Å²) in [5.74, 6) is 0. The van der Waals surface area contributed by atoms with E-state index in [4.69, 9.17) is 14.2 Å². The second-order valence-electron chi connectivity index (χ2n) is 4.98. The van der Waals surface area contributed by atoms with E-state index in [0.717, 1.165) is 32.7 Å². The summed E-state index contributed by atoms with van der Waals surface area (Å²) >= 11 is 0. The predicted octanol–water partition coefficient (Wildman–Crippen LogP) is 1.98. The molecule has 1 aliphatic rings. The maximum Gasteiger partial charge on any atom is 0.0807 e. The average Bonchev–Trinajstić information content (AvgIpc) is 2.85. The average molecular weight is 259 g/mol. The van der Waals surface area contributed by atoms with Gasteiger partial charge in [-0.1, -0.05) is 19.8 Å². The number of rotatable bonds is 11. The molecule has 0 aliphatic heterocycles. The molecular weight excluding hydrogens is 230 g/mol. The van der Waals surface area contributed by atoms with E-state index in [0.29, 0.717) is 13.2 Å². The molecule has 0 radical (unpaired) electrons. The van der Waals surface area contributed by atoms with Gasteiger partial charge in [0.05, 0.1) is 18.8 Å². The van der Waals surface area contributed by atoms with E-state index in [9.17, 15) is 0 Å². The van der Waals surface area contributed by atoms with Gasteiger partial charge in [0.25, 0.3) is 0 Å². The fourth-order valence-corrected chi connectivity index (χ4v) is 2.47. The first-order valence-corrected chi connectivity index (χ1v) is 7.24. The van der Waals surface area contributed by atoms with E-state index in [1.54, 1.807) is 7.11 Å². The van der Waals surface area contributed by atoms with E-state index >= 15 is 0 Å². The van der Waals surface area contributed by atoms with E-state index < -0.39 is 0 Å². The summed E-state index contributed by atoms with van der Waals surface area (Å²) in [7, 11) is 1.72. The molecule has 4 heteroatoms. The third-order valence-electron chi connectivity index (χ3n) is 3.49. The van der Waals surface area contributed by atoms with Gasteiger partial charge in [0.2, 0.25) is 0 Å². The molecule has 0 aromatic carbocycles. The van der Waals surface area contributed by atoms with Crippen LogP contribution < -0.4 is 5.32 Å². The van der Waals surface area contributed by atoms with Crippen LogP contribution in [0.1, 0.15) is 39.0 Å². The molecule has 0 saturated heterocycles. The fraction of sp³-hybridized carbons (Fsp3) is 1.00. The Hall–Kier alpha value is -0.160. The number of ether oxygens (including phenoxy) is 3. The molecule has 0 atom stereocenters. The Kier molecular flexibility index (Phi) is 8.59. The van der Waals surface area contributed by atoms with Crippen LogP contribution in [-0.2, 0) is 14.2 Å². The number of hydrogen-bond donors (Lipinski definition) is 1. The van der Waals surface area contributed by atoms with Gasteiger partial charge >= 0.3 is 0 Å². The molecule has 4 nitrogen and oxygen atoms in total. The lowest BCUT2D eigenvalue weighted by Crippen LogP contribution is -2.41. The minimum absolute atomic E-state index is 0.0753. The molecule has 1 saturated carbocycles. The lowest BCUT2D eigenvalue weighted by Gasteiger charge is -2.29. The van der Waals surface area contributed by atoms with Gasteiger partial charge in [-0.25, -0.2) is 0 Å². The molecule has 0 unspecified atom stereocenters. The molecule has 1 fully saturated rings. The molecule has 108 valence electrons. The molecule has 1 aliphatic carbocycles. The summed E-state index contributed by atoms with van der Waals surface area (Å²) in [5, 5.41) is 3.42. The van der Waals surface area contributed by atoms with Gasteiger partial charge in [-0.05, 0) is 25.8 Å². The van der Waals surface area contributed by atoms with Crippen LogP contribution in [0.15, 0.2) is 0 Å². The monoisotopic (exact) mass is 259 g/mol. The first kappa shape index (κ1) is 15.9. The van der Waals surface area contributed by atoms with E-state index in [1.165, 1.54) is 25.7 Å². The van der Waals surface area contributed by atoms with Crippen LogP contribution in [0.3, 0.4) is 0 Å². The quantitative estimate of drug-likeness (QED) is 0.576. The molecule has 1 N–H and O–H groups in total. The standard InChI is InChI=1S/C14H29NO3/c1-3-15-13-14(7-4-5-8-14)18-12-11-17-10-6-9-16-2/h15H,3-13H2,1-2H3. The molecule has 0 amide bonds. The number of likely N-dealkylation sites (N-methyl/N-ethyl adjacent to an activating group) is 1. The Bertz CT molecular complexity index is 193. The molecule has 0 heterocycles. The Morgan fingerprint density at radius 3 is 2.50 bits per heavy atom. The lowest BCUT2D eigenvalue weighted by molar-refractivity contribution is -0.0632. The first-order valence-electron chi connectivity index (χ1n) is 7.24. The van der Waals surface area contributed by atoms with Gasteiger partial charge in [-0.2, -0.15) is 0 Å². The van der Waals surface area contributed by atoms with E-state index in [-0.39, 0.29) is 5.60 Å². The third kappa shape index (κ3) is 6.14. The number of methoxy groups -OCH3 is 1. The molecule has 0 spiro atoms. The maximum atomic E-state index is 6.08. The zero-order valence-electron chi connectivity index (χ0n) is 12.0. The highest BCUT2D eigenvalue weighted by molar-refractivity contribution is 4.88. The van der Waals surface area contributed by atoms with Crippen LogP contribution in [0.4, 0.5) is 0 Å². The Labute approximate surface area is 111 Å². The second-order valence-corrected chi connectivity index (χ2v) is 4.98. The summed E-state index contributed by atoms with van der Waals surface area (Å²) in [4.78, 5) is 0. The molecular formula is C14H29NO3. The number of nitrogens with one attached hydrogen (secondary N) is 1. The van der Waals surface area contributed by atoms with Crippen LogP contribution in [0.5, 0.6) is 0 Å². The Morgan fingerprint density at radius 1 is 1.06 bits per heavy atom. The van der Waals surface area contributed by atoms with Crippen molar-refractivity contribution in [2.45, 2.75) is 44.6 Å². The minimum atomic E-state index is 0.0753. The summed E-state index contributed by atoms with van der Waals surface area (Å²) in [6, 6.07) is 0.